The first-order chi connectivity index (χ1) is 12.6. The van der Waals surface area contributed by atoms with Crippen LogP contribution in [-0.4, -0.2) is 64.2 Å². The van der Waals surface area contributed by atoms with E-state index in [0.29, 0.717) is 6.54 Å². The van der Waals surface area contributed by atoms with Gasteiger partial charge in [0.15, 0.2) is 0 Å². The Kier molecular flexibility index (Phi) is 8.98. The van der Waals surface area contributed by atoms with E-state index in [4.69, 9.17) is 9.84 Å². The summed E-state index contributed by atoms with van der Waals surface area (Å²) in [5.74, 6) is -2.06. The van der Waals surface area contributed by atoms with Gasteiger partial charge in [0.25, 0.3) is 0 Å². The molecule has 0 spiro atoms. The van der Waals surface area contributed by atoms with Crippen LogP contribution >= 0.6 is 0 Å². The number of hydrogen-bond donors (Lipinski definition) is 5. The van der Waals surface area contributed by atoms with Crippen LogP contribution in [0.2, 0.25) is 0 Å². The molecule has 1 fully saturated rings. The number of hydrogen-bond acceptors (Lipinski definition) is 6. The lowest BCUT2D eigenvalue weighted by Gasteiger charge is -2.22. The molecule has 0 saturated carbocycles. The molecule has 1 aromatic rings. The van der Waals surface area contributed by atoms with Crippen molar-refractivity contribution in [2.75, 3.05) is 19.7 Å². The predicted octanol–water partition coefficient (Wildman–Crippen LogP) is 0.961. The standard InChI is InChI=1S/C20H33NO5/c22-15-20(25)19(24)18(23)17(26-20)14-21-13-9-4-2-1-3-6-10-16-11-7-5-8-12-16/h5,7-8,11-12,17-19,21-25H,1-4,6,9-10,13-15H2/t17-,18+,19-,20+/m0/s1. The molecule has 0 unspecified atom stereocenters. The van der Waals surface area contributed by atoms with Crippen molar-refractivity contribution < 1.29 is 25.2 Å². The lowest BCUT2D eigenvalue weighted by atomic mass is 10.0. The summed E-state index contributed by atoms with van der Waals surface area (Å²) in [6.07, 6.45) is 4.86. The second kappa shape index (κ2) is 11.0. The van der Waals surface area contributed by atoms with E-state index in [1.807, 2.05) is 6.07 Å². The highest BCUT2D eigenvalue weighted by atomic mass is 16.7. The number of aryl methyl sites for hydroxylation is 1. The number of benzene rings is 1. The van der Waals surface area contributed by atoms with Gasteiger partial charge in [0.05, 0.1) is 6.61 Å². The predicted molar refractivity (Wildman–Crippen MR) is 99.6 cm³/mol. The third-order valence-electron chi connectivity index (χ3n) is 5.01. The van der Waals surface area contributed by atoms with E-state index in [-0.39, 0.29) is 0 Å². The molecule has 148 valence electrons. The van der Waals surface area contributed by atoms with Crippen LogP contribution in [-0.2, 0) is 11.2 Å². The molecule has 26 heavy (non-hydrogen) atoms. The molecule has 0 aliphatic carbocycles. The summed E-state index contributed by atoms with van der Waals surface area (Å²) in [6.45, 7) is 0.383. The molecule has 1 heterocycles. The molecular formula is C20H33NO5. The van der Waals surface area contributed by atoms with Gasteiger partial charge in [-0.2, -0.15) is 0 Å². The average molecular weight is 367 g/mol. The molecule has 0 aromatic heterocycles. The maximum absolute atomic E-state index is 9.84. The summed E-state index contributed by atoms with van der Waals surface area (Å²) in [7, 11) is 0. The van der Waals surface area contributed by atoms with Gasteiger partial charge in [0, 0.05) is 6.54 Å². The molecule has 6 heteroatoms. The molecule has 6 nitrogen and oxygen atoms in total. The van der Waals surface area contributed by atoms with Crippen LogP contribution in [0, 0.1) is 0 Å². The number of rotatable bonds is 12. The summed E-state index contributed by atoms with van der Waals surface area (Å²) in [4.78, 5) is 0. The van der Waals surface area contributed by atoms with Gasteiger partial charge in [-0.05, 0) is 31.4 Å². The molecule has 5 N–H and O–H groups in total. The number of nitrogens with one attached hydrogen (secondary N) is 1. The zero-order valence-electron chi connectivity index (χ0n) is 15.4. The van der Waals surface area contributed by atoms with E-state index in [0.717, 1.165) is 25.8 Å². The Morgan fingerprint density at radius 1 is 0.962 bits per heavy atom. The Bertz CT molecular complexity index is 500. The normalized spacial score (nSPS) is 28.5. The molecule has 0 bridgehead atoms. The van der Waals surface area contributed by atoms with Crippen molar-refractivity contribution in [1.29, 1.82) is 0 Å². The number of aliphatic hydroxyl groups excluding tert-OH is 3. The van der Waals surface area contributed by atoms with Crippen molar-refractivity contribution in [3.63, 3.8) is 0 Å². The Balaban J connectivity index is 1.44. The van der Waals surface area contributed by atoms with Crippen LogP contribution < -0.4 is 5.32 Å². The summed E-state index contributed by atoms with van der Waals surface area (Å²) < 4.78 is 5.17. The number of ether oxygens (including phenoxy) is 1. The number of aliphatic hydroxyl groups is 4. The quantitative estimate of drug-likeness (QED) is 0.353. The average Bonchev–Trinajstić information content (AvgIpc) is 2.88. The Morgan fingerprint density at radius 2 is 1.62 bits per heavy atom. The zero-order chi connectivity index (χ0) is 18.8. The van der Waals surface area contributed by atoms with E-state index < -0.39 is 30.7 Å². The fourth-order valence-corrected chi connectivity index (χ4v) is 3.34. The third-order valence-corrected chi connectivity index (χ3v) is 5.01. The van der Waals surface area contributed by atoms with E-state index in [9.17, 15) is 15.3 Å². The monoisotopic (exact) mass is 367 g/mol. The SMILES string of the molecule is OC[C@@]1(O)O[C@@H](CNCCCCCCCCc2ccccc2)[C@@H](O)[C@@H]1O. The van der Waals surface area contributed by atoms with Gasteiger partial charge in [-0.3, -0.25) is 0 Å². The molecule has 1 saturated heterocycles. The first kappa shape index (κ1) is 21.3. The smallest absolute Gasteiger partial charge is 0.219 e. The summed E-state index contributed by atoms with van der Waals surface area (Å²) >= 11 is 0. The minimum atomic E-state index is -2.06. The van der Waals surface area contributed by atoms with E-state index in [1.54, 1.807) is 0 Å². The molecule has 1 aromatic carbocycles. The first-order valence-electron chi connectivity index (χ1n) is 9.68. The molecule has 0 radical (unpaired) electrons. The van der Waals surface area contributed by atoms with Crippen molar-refractivity contribution in [1.82, 2.24) is 5.32 Å². The van der Waals surface area contributed by atoms with E-state index in [1.165, 1.54) is 31.2 Å². The van der Waals surface area contributed by atoms with Crippen LogP contribution in [0.1, 0.15) is 44.1 Å². The Hall–Kier alpha value is -1.02. The van der Waals surface area contributed by atoms with Crippen LogP contribution in [0.4, 0.5) is 0 Å². The van der Waals surface area contributed by atoms with Crippen molar-refractivity contribution >= 4 is 0 Å². The van der Waals surface area contributed by atoms with Gasteiger partial charge < -0.3 is 30.5 Å². The largest absolute Gasteiger partial charge is 0.391 e. The lowest BCUT2D eigenvalue weighted by Crippen LogP contribution is -2.46. The molecular weight excluding hydrogens is 334 g/mol. The Labute approximate surface area is 155 Å². The molecule has 0 amide bonds. The van der Waals surface area contributed by atoms with Gasteiger partial charge >= 0.3 is 0 Å². The van der Waals surface area contributed by atoms with Gasteiger partial charge in [-0.1, -0.05) is 56.0 Å². The van der Waals surface area contributed by atoms with E-state index >= 15 is 0 Å². The lowest BCUT2D eigenvalue weighted by molar-refractivity contribution is -0.245. The van der Waals surface area contributed by atoms with Gasteiger partial charge in [-0.25, -0.2) is 0 Å². The maximum Gasteiger partial charge on any atom is 0.219 e. The third kappa shape index (κ3) is 6.30. The van der Waals surface area contributed by atoms with Crippen LogP contribution in [0.3, 0.4) is 0 Å². The first-order valence-corrected chi connectivity index (χ1v) is 9.68. The Morgan fingerprint density at radius 3 is 2.27 bits per heavy atom. The van der Waals surface area contributed by atoms with E-state index in [2.05, 4.69) is 29.6 Å². The second-order valence-electron chi connectivity index (χ2n) is 7.16. The van der Waals surface area contributed by atoms with Crippen LogP contribution in [0.5, 0.6) is 0 Å². The fourth-order valence-electron chi connectivity index (χ4n) is 3.34. The second-order valence-corrected chi connectivity index (χ2v) is 7.16. The topological polar surface area (TPSA) is 102 Å². The van der Waals surface area contributed by atoms with Crippen molar-refractivity contribution in [3.05, 3.63) is 35.9 Å². The van der Waals surface area contributed by atoms with Crippen LogP contribution in [0.25, 0.3) is 0 Å². The van der Waals surface area contributed by atoms with Crippen molar-refractivity contribution in [3.8, 4) is 0 Å². The highest BCUT2D eigenvalue weighted by Crippen LogP contribution is 2.28. The molecule has 4 atom stereocenters. The fraction of sp³-hybridized carbons (Fsp3) is 0.700. The summed E-state index contributed by atoms with van der Waals surface area (Å²) in [5, 5.41) is 41.6. The zero-order valence-corrected chi connectivity index (χ0v) is 15.4. The molecule has 2 rings (SSSR count). The van der Waals surface area contributed by atoms with Crippen molar-refractivity contribution in [2.24, 2.45) is 0 Å². The maximum atomic E-state index is 9.84. The van der Waals surface area contributed by atoms with Gasteiger partial charge in [-0.15, -0.1) is 0 Å². The van der Waals surface area contributed by atoms with Crippen molar-refractivity contribution in [2.45, 2.75) is 69.0 Å². The minimum absolute atomic E-state index is 0.331. The number of unbranched alkanes of at least 4 members (excludes halogenated alkanes) is 5. The molecule has 1 aliphatic heterocycles. The highest BCUT2D eigenvalue weighted by Gasteiger charge is 2.52. The molecule has 1 aliphatic rings. The summed E-state index contributed by atoms with van der Waals surface area (Å²) in [5.41, 5.74) is 1.41. The van der Waals surface area contributed by atoms with Crippen LogP contribution in [0.15, 0.2) is 30.3 Å². The van der Waals surface area contributed by atoms with Gasteiger partial charge in [0.1, 0.15) is 18.3 Å². The highest BCUT2D eigenvalue weighted by molar-refractivity contribution is 5.14. The summed E-state index contributed by atoms with van der Waals surface area (Å²) in [6, 6.07) is 10.6. The van der Waals surface area contributed by atoms with Gasteiger partial charge in [0.2, 0.25) is 5.79 Å². The minimum Gasteiger partial charge on any atom is -0.391 e.